The number of hydrogen-bond acceptors (Lipinski definition) is 5. The van der Waals surface area contributed by atoms with Gasteiger partial charge in [0.2, 0.25) is 10.0 Å². The summed E-state index contributed by atoms with van der Waals surface area (Å²) in [5.74, 6) is -0.749. The van der Waals surface area contributed by atoms with Gasteiger partial charge in [-0.05, 0) is 50.1 Å². The molecular weight excluding hydrogens is 430 g/mol. The third-order valence-electron chi connectivity index (χ3n) is 5.11. The summed E-state index contributed by atoms with van der Waals surface area (Å²) in [4.78, 5) is 12.7. The average Bonchev–Trinajstić information content (AvgIpc) is 2.74. The summed E-state index contributed by atoms with van der Waals surface area (Å²) >= 11 is 0. The number of piperidine rings is 1. The average molecular weight is 454 g/mol. The summed E-state index contributed by atoms with van der Waals surface area (Å²) in [5.41, 5.74) is 0.0774. The first-order valence-corrected chi connectivity index (χ1v) is 11.2. The van der Waals surface area contributed by atoms with Crippen LogP contribution >= 0.6 is 0 Å². The van der Waals surface area contributed by atoms with Crippen molar-refractivity contribution < 1.29 is 31.5 Å². The molecule has 0 radical (unpaired) electrons. The van der Waals surface area contributed by atoms with E-state index in [1.54, 1.807) is 6.07 Å². The molecule has 0 bridgehead atoms. The van der Waals surface area contributed by atoms with Crippen molar-refractivity contribution in [3.05, 3.63) is 48.0 Å². The minimum atomic E-state index is -3.90. The van der Waals surface area contributed by atoms with Crippen molar-refractivity contribution >= 4 is 21.6 Å². The van der Waals surface area contributed by atoms with Crippen molar-refractivity contribution in [3.63, 3.8) is 0 Å². The van der Waals surface area contributed by atoms with Crippen LogP contribution in [0, 0.1) is 0 Å². The number of nitrogens with zero attached hydrogens (tertiary/aromatic N) is 1. The highest BCUT2D eigenvalue weighted by Crippen LogP contribution is 2.32. The first-order valence-electron chi connectivity index (χ1n) is 9.79. The molecule has 31 heavy (non-hydrogen) atoms. The monoisotopic (exact) mass is 454 g/mol. The van der Waals surface area contributed by atoms with Crippen molar-refractivity contribution in [2.24, 2.45) is 0 Å². The fourth-order valence-electron chi connectivity index (χ4n) is 3.54. The molecule has 1 N–H and O–H groups in total. The van der Waals surface area contributed by atoms with E-state index in [0.29, 0.717) is 6.54 Å². The zero-order valence-electron chi connectivity index (χ0n) is 17.2. The summed E-state index contributed by atoms with van der Waals surface area (Å²) < 4.78 is 62.9. The third kappa shape index (κ3) is 5.13. The van der Waals surface area contributed by atoms with Crippen LogP contribution in [-0.4, -0.2) is 44.9 Å². The maximum Gasteiger partial charge on any atom is 0.387 e. The number of para-hydroxylation sites is 2. The number of ether oxygens (including phenoxy) is 2. The second-order valence-corrected chi connectivity index (χ2v) is 9.01. The smallest absolute Gasteiger partial charge is 0.387 e. The summed E-state index contributed by atoms with van der Waals surface area (Å²) in [6, 6.07) is 9.62. The quantitative estimate of drug-likeness (QED) is 0.681. The van der Waals surface area contributed by atoms with E-state index >= 15 is 0 Å². The minimum Gasteiger partial charge on any atom is -0.495 e. The van der Waals surface area contributed by atoms with Gasteiger partial charge in [0.1, 0.15) is 16.4 Å². The number of carbonyl (C=O) groups excluding carboxylic acids is 1. The molecule has 0 saturated carbocycles. The Bertz CT molecular complexity index is 1050. The fourth-order valence-corrected chi connectivity index (χ4v) is 5.42. The van der Waals surface area contributed by atoms with Crippen LogP contribution in [0.5, 0.6) is 11.5 Å². The molecule has 168 valence electrons. The van der Waals surface area contributed by atoms with E-state index in [2.05, 4.69) is 10.1 Å². The van der Waals surface area contributed by atoms with Crippen LogP contribution in [0.15, 0.2) is 47.4 Å². The minimum absolute atomic E-state index is 0.0379. The number of carbonyl (C=O) groups is 1. The topological polar surface area (TPSA) is 84.9 Å². The van der Waals surface area contributed by atoms with E-state index in [1.165, 1.54) is 47.8 Å². The largest absolute Gasteiger partial charge is 0.495 e. The molecule has 2 aromatic carbocycles. The SMILES string of the molecule is COc1ccc(C(=O)Nc2ccccc2OC(F)F)cc1S(=O)(=O)N1CCCCC1C. The normalized spacial score (nSPS) is 17.4. The molecule has 7 nitrogen and oxygen atoms in total. The van der Waals surface area contributed by atoms with Gasteiger partial charge < -0.3 is 14.8 Å². The zero-order chi connectivity index (χ0) is 22.6. The Labute approximate surface area is 180 Å². The Kier molecular flexibility index (Phi) is 7.11. The molecule has 0 aromatic heterocycles. The highest BCUT2D eigenvalue weighted by molar-refractivity contribution is 7.89. The maximum absolute atomic E-state index is 13.3. The number of hydrogen-bond donors (Lipinski definition) is 1. The van der Waals surface area contributed by atoms with E-state index in [9.17, 15) is 22.0 Å². The van der Waals surface area contributed by atoms with E-state index in [0.717, 1.165) is 19.3 Å². The molecule has 10 heteroatoms. The number of rotatable bonds is 7. The van der Waals surface area contributed by atoms with Gasteiger partial charge in [0.05, 0.1) is 12.8 Å². The lowest BCUT2D eigenvalue weighted by Gasteiger charge is -2.32. The summed E-state index contributed by atoms with van der Waals surface area (Å²) in [7, 11) is -2.55. The van der Waals surface area contributed by atoms with Crippen LogP contribution in [0.4, 0.5) is 14.5 Å². The van der Waals surface area contributed by atoms with Gasteiger partial charge >= 0.3 is 6.61 Å². The summed E-state index contributed by atoms with van der Waals surface area (Å²) in [6.07, 6.45) is 2.46. The Morgan fingerprint density at radius 2 is 1.90 bits per heavy atom. The van der Waals surface area contributed by atoms with Crippen LogP contribution in [0.1, 0.15) is 36.5 Å². The highest BCUT2D eigenvalue weighted by atomic mass is 32.2. The van der Waals surface area contributed by atoms with Crippen molar-refractivity contribution in [2.45, 2.75) is 43.7 Å². The molecule has 1 atom stereocenters. The number of nitrogens with one attached hydrogen (secondary N) is 1. The molecular formula is C21H24F2N2O5S. The van der Waals surface area contributed by atoms with Gasteiger partial charge in [-0.15, -0.1) is 0 Å². The number of sulfonamides is 1. The van der Waals surface area contributed by atoms with Gasteiger partial charge in [-0.3, -0.25) is 4.79 Å². The number of halogens is 2. The standard InChI is InChI=1S/C21H24F2N2O5S/c1-14-7-5-6-12-25(14)31(27,28)19-13-15(10-11-18(19)29-2)20(26)24-16-8-3-4-9-17(16)30-21(22)23/h3-4,8-11,13-14,21H,5-7,12H2,1-2H3,(H,24,26). The Hall–Kier alpha value is -2.72. The number of benzene rings is 2. The van der Waals surface area contributed by atoms with Crippen molar-refractivity contribution in [2.75, 3.05) is 19.0 Å². The molecule has 1 amide bonds. The van der Waals surface area contributed by atoms with Gasteiger partial charge in [0.25, 0.3) is 5.91 Å². The fraction of sp³-hybridized carbons (Fsp3) is 0.381. The molecule has 1 aliphatic rings. The predicted octanol–water partition coefficient (Wildman–Crippen LogP) is 4.11. The second kappa shape index (κ2) is 9.61. The zero-order valence-corrected chi connectivity index (χ0v) is 18.0. The summed E-state index contributed by atoms with van der Waals surface area (Å²) in [5, 5.41) is 2.49. The van der Waals surface area contributed by atoms with Crippen molar-refractivity contribution in [1.82, 2.24) is 4.31 Å². The lowest BCUT2D eigenvalue weighted by Crippen LogP contribution is -2.42. The Morgan fingerprint density at radius 3 is 2.58 bits per heavy atom. The van der Waals surface area contributed by atoms with E-state index in [1.807, 2.05) is 6.92 Å². The van der Waals surface area contributed by atoms with E-state index < -0.39 is 22.5 Å². The first-order chi connectivity index (χ1) is 14.7. The molecule has 0 spiro atoms. The number of anilines is 1. The molecule has 2 aromatic rings. The van der Waals surface area contributed by atoms with Crippen molar-refractivity contribution in [3.8, 4) is 11.5 Å². The van der Waals surface area contributed by atoms with Crippen LogP contribution in [0.25, 0.3) is 0 Å². The highest BCUT2D eigenvalue weighted by Gasteiger charge is 2.33. The van der Waals surface area contributed by atoms with Gasteiger partial charge in [-0.2, -0.15) is 13.1 Å². The molecule has 3 rings (SSSR count). The van der Waals surface area contributed by atoms with Crippen LogP contribution in [0.3, 0.4) is 0 Å². The number of amides is 1. The first kappa shape index (κ1) is 23.0. The number of methoxy groups -OCH3 is 1. The van der Waals surface area contributed by atoms with Gasteiger partial charge in [-0.25, -0.2) is 8.42 Å². The molecule has 1 aliphatic heterocycles. The van der Waals surface area contributed by atoms with Gasteiger partial charge in [0.15, 0.2) is 0 Å². The van der Waals surface area contributed by atoms with Gasteiger partial charge in [0, 0.05) is 18.2 Å². The maximum atomic E-state index is 13.3. The molecule has 1 heterocycles. The van der Waals surface area contributed by atoms with Crippen LogP contribution in [-0.2, 0) is 10.0 Å². The van der Waals surface area contributed by atoms with E-state index in [-0.39, 0.29) is 33.7 Å². The predicted molar refractivity (Wildman–Crippen MR) is 111 cm³/mol. The summed E-state index contributed by atoms with van der Waals surface area (Å²) in [6.45, 7) is -0.816. The van der Waals surface area contributed by atoms with Crippen LogP contribution in [0.2, 0.25) is 0 Å². The Morgan fingerprint density at radius 1 is 1.16 bits per heavy atom. The van der Waals surface area contributed by atoms with Gasteiger partial charge in [-0.1, -0.05) is 18.6 Å². The second-order valence-electron chi connectivity index (χ2n) is 7.15. The van der Waals surface area contributed by atoms with E-state index in [4.69, 9.17) is 4.74 Å². The lowest BCUT2D eigenvalue weighted by atomic mass is 10.1. The Balaban J connectivity index is 1.93. The molecule has 1 saturated heterocycles. The van der Waals surface area contributed by atoms with Crippen LogP contribution < -0.4 is 14.8 Å². The molecule has 1 fully saturated rings. The molecule has 1 unspecified atom stereocenters. The third-order valence-corrected chi connectivity index (χ3v) is 7.14. The lowest BCUT2D eigenvalue weighted by molar-refractivity contribution is -0.0493. The van der Waals surface area contributed by atoms with Crippen molar-refractivity contribution in [1.29, 1.82) is 0 Å². The number of alkyl halides is 2. The molecule has 0 aliphatic carbocycles.